The molecule has 1 aromatic carbocycles. The average molecular weight is 438 g/mol. The van der Waals surface area contributed by atoms with Crippen molar-refractivity contribution in [1.29, 1.82) is 0 Å². The number of carbonyl (C=O) groups excluding carboxylic acids is 1. The van der Waals surface area contributed by atoms with Gasteiger partial charge in [-0.25, -0.2) is 4.79 Å². The number of carbonyl (C=O) groups is 1. The van der Waals surface area contributed by atoms with E-state index in [1.54, 1.807) is 0 Å². The SMILES string of the molecule is CC(=O)NC1C(O)C(O)C(CO)OC1n1nc(SCc2ccccc2)c(=O)[nH]c1=O. The molecule has 11 nitrogen and oxygen atoms in total. The summed E-state index contributed by atoms with van der Waals surface area (Å²) in [6.07, 6.45) is -5.65. The van der Waals surface area contributed by atoms with Crippen molar-refractivity contribution in [2.75, 3.05) is 6.61 Å². The lowest BCUT2D eigenvalue weighted by Crippen LogP contribution is -2.63. The van der Waals surface area contributed by atoms with Crippen LogP contribution in [0.15, 0.2) is 44.9 Å². The molecular weight excluding hydrogens is 416 g/mol. The van der Waals surface area contributed by atoms with Crippen LogP contribution in [0.1, 0.15) is 18.7 Å². The Labute approximate surface area is 174 Å². The van der Waals surface area contributed by atoms with Crippen LogP contribution in [0.4, 0.5) is 0 Å². The minimum Gasteiger partial charge on any atom is -0.394 e. The first-order valence-corrected chi connectivity index (χ1v) is 10.1. The monoisotopic (exact) mass is 438 g/mol. The summed E-state index contributed by atoms with van der Waals surface area (Å²) >= 11 is 1.09. The number of nitrogens with zero attached hydrogens (tertiary/aromatic N) is 2. The first kappa shape index (κ1) is 22.2. The Morgan fingerprint density at radius 3 is 2.60 bits per heavy atom. The molecule has 2 aromatic rings. The molecule has 2 heterocycles. The quantitative estimate of drug-likeness (QED) is 0.332. The summed E-state index contributed by atoms with van der Waals surface area (Å²) in [4.78, 5) is 38.3. The van der Waals surface area contributed by atoms with Crippen LogP contribution in [-0.2, 0) is 15.3 Å². The van der Waals surface area contributed by atoms with E-state index in [9.17, 15) is 29.7 Å². The number of hydrogen-bond donors (Lipinski definition) is 5. The van der Waals surface area contributed by atoms with Gasteiger partial charge >= 0.3 is 5.69 Å². The van der Waals surface area contributed by atoms with Gasteiger partial charge in [0.05, 0.1) is 6.61 Å². The Morgan fingerprint density at radius 2 is 1.97 bits per heavy atom. The number of aliphatic hydroxyl groups excluding tert-OH is 3. The smallest absolute Gasteiger partial charge is 0.347 e. The zero-order valence-electron chi connectivity index (χ0n) is 16.0. The maximum Gasteiger partial charge on any atom is 0.347 e. The molecule has 1 aliphatic heterocycles. The van der Waals surface area contributed by atoms with Gasteiger partial charge in [-0.15, -0.1) is 0 Å². The number of aromatic nitrogens is 3. The highest BCUT2D eigenvalue weighted by Gasteiger charge is 2.46. The molecule has 30 heavy (non-hydrogen) atoms. The molecule has 0 saturated carbocycles. The topological polar surface area (TPSA) is 167 Å². The van der Waals surface area contributed by atoms with E-state index >= 15 is 0 Å². The van der Waals surface area contributed by atoms with Crippen LogP contribution in [0.25, 0.3) is 0 Å². The summed E-state index contributed by atoms with van der Waals surface area (Å²) in [5.74, 6) is -0.130. The van der Waals surface area contributed by atoms with Gasteiger partial charge in [-0.2, -0.15) is 9.78 Å². The fraction of sp³-hybridized carbons (Fsp3) is 0.444. The normalized spacial score (nSPS) is 26.3. The molecular formula is C18H22N4O7S. The number of nitrogens with one attached hydrogen (secondary N) is 2. The van der Waals surface area contributed by atoms with Crippen molar-refractivity contribution in [3.05, 3.63) is 56.7 Å². The van der Waals surface area contributed by atoms with Crippen LogP contribution in [0.2, 0.25) is 0 Å². The second-order valence-electron chi connectivity index (χ2n) is 6.74. The summed E-state index contributed by atoms with van der Waals surface area (Å²) < 4.78 is 6.34. The molecule has 1 amide bonds. The van der Waals surface area contributed by atoms with Crippen LogP contribution in [-0.4, -0.2) is 67.0 Å². The minimum absolute atomic E-state index is 0.0233. The lowest BCUT2D eigenvalue weighted by molar-refractivity contribution is -0.220. The van der Waals surface area contributed by atoms with E-state index in [4.69, 9.17) is 4.74 Å². The van der Waals surface area contributed by atoms with Crippen molar-refractivity contribution in [2.24, 2.45) is 0 Å². The Kier molecular flexibility index (Phi) is 7.05. The van der Waals surface area contributed by atoms with Gasteiger partial charge in [0, 0.05) is 12.7 Å². The number of ether oxygens (including phenoxy) is 1. The highest BCUT2D eigenvalue weighted by Crippen LogP contribution is 2.27. The summed E-state index contributed by atoms with van der Waals surface area (Å²) in [7, 11) is 0. The third-order valence-corrected chi connectivity index (χ3v) is 5.57. The van der Waals surface area contributed by atoms with Gasteiger partial charge in [0.15, 0.2) is 11.3 Å². The lowest BCUT2D eigenvalue weighted by atomic mass is 9.96. The van der Waals surface area contributed by atoms with Gasteiger partial charge in [-0.3, -0.25) is 14.6 Å². The predicted molar refractivity (Wildman–Crippen MR) is 106 cm³/mol. The minimum atomic E-state index is -1.55. The molecule has 1 aromatic heterocycles. The molecule has 12 heteroatoms. The number of aromatic amines is 1. The zero-order chi connectivity index (χ0) is 21.8. The third-order valence-electron chi connectivity index (χ3n) is 4.55. The van der Waals surface area contributed by atoms with Crippen LogP contribution < -0.4 is 16.6 Å². The summed E-state index contributed by atoms with van der Waals surface area (Å²) in [5.41, 5.74) is -0.682. The van der Waals surface area contributed by atoms with E-state index in [0.717, 1.165) is 22.0 Å². The first-order chi connectivity index (χ1) is 14.3. The molecule has 1 aliphatic rings. The molecule has 1 fully saturated rings. The standard InChI is InChI=1S/C18H22N4O7S/c1-9(24)19-12-14(26)13(25)11(7-23)29-17(12)22-18(28)20-15(27)16(21-22)30-8-10-5-3-2-4-6-10/h2-6,11-14,17,23,25-26H,7-8H2,1H3,(H,19,24)(H,20,27,28). The number of hydrogen-bond acceptors (Lipinski definition) is 9. The molecule has 5 N–H and O–H groups in total. The molecule has 162 valence electrons. The first-order valence-electron chi connectivity index (χ1n) is 9.11. The summed E-state index contributed by atoms with van der Waals surface area (Å²) in [5, 5.41) is 36.4. The van der Waals surface area contributed by atoms with Crippen molar-refractivity contribution in [2.45, 2.75) is 48.3 Å². The second-order valence-corrected chi connectivity index (χ2v) is 7.70. The third kappa shape index (κ3) is 4.79. The number of aliphatic hydroxyl groups is 3. The van der Waals surface area contributed by atoms with E-state index in [-0.39, 0.29) is 5.03 Å². The second kappa shape index (κ2) is 9.53. The molecule has 5 unspecified atom stereocenters. The van der Waals surface area contributed by atoms with Gasteiger partial charge in [0.2, 0.25) is 5.91 Å². The van der Waals surface area contributed by atoms with E-state index in [0.29, 0.717) is 5.75 Å². The molecule has 0 bridgehead atoms. The number of rotatable bonds is 6. The highest BCUT2D eigenvalue weighted by molar-refractivity contribution is 7.98. The maximum atomic E-state index is 12.4. The Hall–Kier alpha value is -2.51. The molecule has 0 aliphatic carbocycles. The zero-order valence-corrected chi connectivity index (χ0v) is 16.8. The van der Waals surface area contributed by atoms with E-state index in [1.165, 1.54) is 6.92 Å². The maximum absolute atomic E-state index is 12.4. The molecule has 0 spiro atoms. The summed E-state index contributed by atoms with van der Waals surface area (Å²) in [6.45, 7) is 0.549. The van der Waals surface area contributed by atoms with Crippen molar-refractivity contribution >= 4 is 17.7 Å². The van der Waals surface area contributed by atoms with Gasteiger partial charge in [0.1, 0.15) is 24.4 Å². The van der Waals surface area contributed by atoms with Gasteiger partial charge in [-0.05, 0) is 5.56 Å². The number of H-pyrrole nitrogens is 1. The molecule has 3 rings (SSSR count). The highest BCUT2D eigenvalue weighted by atomic mass is 32.2. The van der Waals surface area contributed by atoms with Gasteiger partial charge < -0.3 is 25.4 Å². The summed E-state index contributed by atoms with van der Waals surface area (Å²) in [6, 6.07) is 8.06. The Morgan fingerprint density at radius 1 is 1.27 bits per heavy atom. The largest absolute Gasteiger partial charge is 0.394 e. The fourth-order valence-corrected chi connectivity index (χ4v) is 3.91. The van der Waals surface area contributed by atoms with Crippen molar-refractivity contribution in [3.8, 4) is 0 Å². The van der Waals surface area contributed by atoms with E-state index in [1.807, 2.05) is 30.3 Å². The van der Waals surface area contributed by atoms with Gasteiger partial charge in [0.25, 0.3) is 5.56 Å². The lowest BCUT2D eigenvalue weighted by Gasteiger charge is -2.42. The van der Waals surface area contributed by atoms with Crippen LogP contribution in [0, 0.1) is 0 Å². The Bertz CT molecular complexity index is 996. The van der Waals surface area contributed by atoms with Crippen LogP contribution in [0.3, 0.4) is 0 Å². The fourth-order valence-electron chi connectivity index (χ4n) is 3.09. The van der Waals surface area contributed by atoms with Crippen molar-refractivity contribution in [1.82, 2.24) is 20.1 Å². The number of thioether (sulfide) groups is 1. The molecule has 0 radical (unpaired) electrons. The van der Waals surface area contributed by atoms with Crippen LogP contribution in [0.5, 0.6) is 0 Å². The molecule has 5 atom stereocenters. The van der Waals surface area contributed by atoms with E-state index < -0.39 is 54.3 Å². The van der Waals surface area contributed by atoms with Crippen LogP contribution >= 0.6 is 11.8 Å². The van der Waals surface area contributed by atoms with Crippen molar-refractivity contribution in [3.63, 3.8) is 0 Å². The van der Waals surface area contributed by atoms with Gasteiger partial charge in [-0.1, -0.05) is 42.1 Å². The number of amides is 1. The van der Waals surface area contributed by atoms with Crippen molar-refractivity contribution < 1.29 is 24.9 Å². The van der Waals surface area contributed by atoms with E-state index in [2.05, 4.69) is 15.4 Å². The predicted octanol–water partition coefficient (Wildman–Crippen LogP) is -1.66. The molecule has 1 saturated heterocycles. The number of benzene rings is 1. The Balaban J connectivity index is 1.95. The average Bonchev–Trinajstić information content (AvgIpc) is 2.72.